The van der Waals surface area contributed by atoms with Gasteiger partial charge in [-0.1, -0.05) is 12.1 Å². The summed E-state index contributed by atoms with van der Waals surface area (Å²) in [6, 6.07) is 7.60. The minimum Gasteiger partial charge on any atom is -0.497 e. The Morgan fingerprint density at radius 1 is 1.12 bits per heavy atom. The molecule has 3 aromatic heterocycles. The predicted molar refractivity (Wildman–Crippen MR) is 117 cm³/mol. The molecule has 0 amide bonds. The lowest BCUT2D eigenvalue weighted by Crippen LogP contribution is -2.33. The van der Waals surface area contributed by atoms with Crippen LogP contribution in [0.2, 0.25) is 0 Å². The number of aliphatic hydroxyl groups excluding tert-OH is 3. The van der Waals surface area contributed by atoms with E-state index in [0.29, 0.717) is 17.0 Å². The van der Waals surface area contributed by atoms with E-state index in [1.165, 1.54) is 15.6 Å². The van der Waals surface area contributed by atoms with Gasteiger partial charge in [-0.15, -0.1) is 0 Å². The van der Waals surface area contributed by atoms with Gasteiger partial charge in [0.05, 0.1) is 26.2 Å². The summed E-state index contributed by atoms with van der Waals surface area (Å²) < 4.78 is 13.9. The van der Waals surface area contributed by atoms with E-state index >= 15 is 0 Å². The first-order valence-electron chi connectivity index (χ1n) is 10.3. The monoisotopic (exact) mass is 453 g/mol. The minimum absolute atomic E-state index is 0.278. The topological polar surface area (TPSA) is 153 Å². The van der Waals surface area contributed by atoms with Crippen LogP contribution in [0.4, 0.5) is 5.82 Å². The molecular weight excluding hydrogens is 430 g/mol. The van der Waals surface area contributed by atoms with E-state index in [4.69, 9.17) is 9.47 Å². The third-order valence-corrected chi connectivity index (χ3v) is 5.65. The smallest absolute Gasteiger partial charge is 0.254 e. The summed E-state index contributed by atoms with van der Waals surface area (Å²) in [7, 11) is 3.33. The number of aliphatic hydroxyl groups is 3. The van der Waals surface area contributed by atoms with Gasteiger partial charge >= 0.3 is 0 Å². The Kier molecular flexibility index (Phi) is 5.42. The van der Waals surface area contributed by atoms with Gasteiger partial charge in [0.15, 0.2) is 23.2 Å². The molecule has 4 aromatic rings. The lowest BCUT2D eigenvalue weighted by Gasteiger charge is -2.17. The lowest BCUT2D eigenvalue weighted by atomic mass is 10.1. The van der Waals surface area contributed by atoms with Crippen LogP contribution < -0.4 is 10.1 Å². The van der Waals surface area contributed by atoms with Crippen LogP contribution in [0, 0.1) is 0 Å². The molecule has 0 spiro atoms. The second-order valence-electron chi connectivity index (χ2n) is 7.58. The molecule has 4 N–H and O–H groups in total. The van der Waals surface area contributed by atoms with Crippen molar-refractivity contribution < 1.29 is 24.8 Å². The number of aromatic nitrogens is 6. The average Bonchev–Trinajstić information content (AvgIpc) is 3.57. The predicted octanol–water partition coefficient (Wildman–Crippen LogP) is 0.341. The summed E-state index contributed by atoms with van der Waals surface area (Å²) in [6.07, 6.45) is 0.583. The maximum absolute atomic E-state index is 10.4. The van der Waals surface area contributed by atoms with Crippen LogP contribution in [0.15, 0.2) is 43.0 Å². The highest BCUT2D eigenvalue weighted by molar-refractivity contribution is 5.83. The molecule has 5 rings (SSSR count). The maximum atomic E-state index is 10.4. The lowest BCUT2D eigenvalue weighted by molar-refractivity contribution is -0.0511. The van der Waals surface area contributed by atoms with Gasteiger partial charge in [0.2, 0.25) is 0 Å². The van der Waals surface area contributed by atoms with Crippen molar-refractivity contribution in [2.45, 2.75) is 24.5 Å². The number of methoxy groups -OCH3 is 1. The Morgan fingerprint density at radius 2 is 1.91 bits per heavy atom. The number of benzene rings is 1. The van der Waals surface area contributed by atoms with Gasteiger partial charge in [-0.3, -0.25) is 4.57 Å². The summed E-state index contributed by atoms with van der Waals surface area (Å²) in [4.78, 5) is 13.5. The van der Waals surface area contributed by atoms with Crippen molar-refractivity contribution in [3.8, 4) is 22.8 Å². The SMILES string of the molecule is CNc1nc(-n2cc(-c3ccc(OC)cc3)cn2)nc2c1ncn2C1O[C@H](CO)[C@@H](O)[C@H]1O. The van der Waals surface area contributed by atoms with Crippen LogP contribution in [0.5, 0.6) is 5.75 Å². The van der Waals surface area contributed by atoms with Crippen LogP contribution in [0.3, 0.4) is 0 Å². The van der Waals surface area contributed by atoms with Crippen LogP contribution in [-0.2, 0) is 4.74 Å². The van der Waals surface area contributed by atoms with Crippen molar-refractivity contribution >= 4 is 17.0 Å². The van der Waals surface area contributed by atoms with Crippen LogP contribution >= 0.6 is 0 Å². The Balaban J connectivity index is 1.55. The molecule has 1 aliphatic rings. The number of anilines is 1. The number of hydrogen-bond acceptors (Lipinski definition) is 10. The summed E-state index contributed by atoms with van der Waals surface area (Å²) >= 11 is 0. The summed E-state index contributed by atoms with van der Waals surface area (Å²) in [5, 5.41) is 37.4. The van der Waals surface area contributed by atoms with Gasteiger partial charge in [0.25, 0.3) is 5.95 Å². The number of nitrogens with zero attached hydrogens (tertiary/aromatic N) is 6. The van der Waals surface area contributed by atoms with Gasteiger partial charge in [-0.05, 0) is 17.7 Å². The molecule has 1 aromatic carbocycles. The Morgan fingerprint density at radius 3 is 2.58 bits per heavy atom. The average molecular weight is 453 g/mol. The molecule has 4 heterocycles. The molecule has 1 unspecified atom stereocenters. The molecule has 12 heteroatoms. The third-order valence-electron chi connectivity index (χ3n) is 5.65. The van der Waals surface area contributed by atoms with E-state index in [9.17, 15) is 15.3 Å². The number of hydrogen-bond donors (Lipinski definition) is 4. The first-order chi connectivity index (χ1) is 16.0. The molecule has 0 saturated carbocycles. The van der Waals surface area contributed by atoms with Gasteiger partial charge in [0.1, 0.15) is 24.1 Å². The normalized spacial score (nSPS) is 22.7. The van der Waals surface area contributed by atoms with E-state index in [1.54, 1.807) is 26.6 Å². The Bertz CT molecular complexity index is 1270. The molecule has 0 radical (unpaired) electrons. The number of nitrogens with one attached hydrogen (secondary N) is 1. The molecular formula is C21H23N7O5. The van der Waals surface area contributed by atoms with E-state index in [2.05, 4.69) is 25.4 Å². The van der Waals surface area contributed by atoms with Crippen molar-refractivity contribution in [3.05, 3.63) is 43.0 Å². The molecule has 0 bridgehead atoms. The van der Waals surface area contributed by atoms with E-state index in [-0.39, 0.29) is 5.95 Å². The molecule has 1 fully saturated rings. The highest BCUT2D eigenvalue weighted by Gasteiger charge is 2.44. The second kappa shape index (κ2) is 8.41. The molecule has 172 valence electrons. The molecule has 1 aliphatic heterocycles. The van der Waals surface area contributed by atoms with Crippen molar-refractivity contribution in [2.75, 3.05) is 26.1 Å². The van der Waals surface area contributed by atoms with E-state index in [0.717, 1.165) is 16.9 Å². The van der Waals surface area contributed by atoms with Gasteiger partial charge in [-0.25, -0.2) is 9.67 Å². The standard InChI is InChI=1S/C21H23N7O5/c1-22-18-15-19(27(10-23-15)20-17(31)16(30)14(9-29)33-20)26-21(25-18)28-8-12(7-24-28)11-3-5-13(32-2)6-4-11/h3-8,10,14,16-17,20,29-31H,9H2,1-2H3,(H,22,25,26)/t14-,16-,17-,20?/m1/s1. The molecule has 1 saturated heterocycles. The van der Waals surface area contributed by atoms with Crippen LogP contribution in [0.25, 0.3) is 28.2 Å². The van der Waals surface area contributed by atoms with Crippen molar-refractivity contribution in [1.29, 1.82) is 0 Å². The highest BCUT2D eigenvalue weighted by Crippen LogP contribution is 2.32. The van der Waals surface area contributed by atoms with Gasteiger partial charge < -0.3 is 30.1 Å². The largest absolute Gasteiger partial charge is 0.497 e. The minimum atomic E-state index is -1.26. The zero-order chi connectivity index (χ0) is 23.1. The van der Waals surface area contributed by atoms with Gasteiger partial charge in [0, 0.05) is 18.8 Å². The second-order valence-corrected chi connectivity index (χ2v) is 7.58. The number of rotatable bonds is 6. The number of ether oxygens (including phenoxy) is 2. The van der Waals surface area contributed by atoms with E-state index in [1.807, 2.05) is 24.3 Å². The first kappa shape index (κ1) is 21.3. The Labute approximate surface area is 188 Å². The number of fused-ring (bicyclic) bond motifs is 1. The molecule has 0 aliphatic carbocycles. The zero-order valence-electron chi connectivity index (χ0n) is 17.9. The molecule has 33 heavy (non-hydrogen) atoms. The van der Waals surface area contributed by atoms with Gasteiger partial charge in [-0.2, -0.15) is 15.1 Å². The summed E-state index contributed by atoms with van der Waals surface area (Å²) in [5.74, 6) is 1.50. The zero-order valence-corrected chi connectivity index (χ0v) is 17.9. The maximum Gasteiger partial charge on any atom is 0.254 e. The van der Waals surface area contributed by atoms with Crippen molar-refractivity contribution in [3.63, 3.8) is 0 Å². The fraction of sp³-hybridized carbons (Fsp3) is 0.333. The summed E-state index contributed by atoms with van der Waals surface area (Å²) in [6.45, 7) is -0.426. The molecule has 12 nitrogen and oxygen atoms in total. The van der Waals surface area contributed by atoms with Crippen LogP contribution in [-0.4, -0.2) is 83.7 Å². The van der Waals surface area contributed by atoms with Crippen molar-refractivity contribution in [2.24, 2.45) is 0 Å². The highest BCUT2D eigenvalue weighted by atomic mass is 16.6. The van der Waals surface area contributed by atoms with Crippen molar-refractivity contribution in [1.82, 2.24) is 29.3 Å². The van der Waals surface area contributed by atoms with E-state index < -0.39 is 31.1 Å². The Hall–Kier alpha value is -3.58. The van der Waals surface area contributed by atoms with Crippen LogP contribution in [0.1, 0.15) is 6.23 Å². The third kappa shape index (κ3) is 3.58. The summed E-state index contributed by atoms with van der Waals surface area (Å²) in [5.41, 5.74) is 2.65. The first-order valence-corrected chi connectivity index (χ1v) is 10.3. The fourth-order valence-corrected chi connectivity index (χ4v) is 3.84. The number of imidazole rings is 1. The molecule has 4 atom stereocenters. The fourth-order valence-electron chi connectivity index (χ4n) is 3.84. The quantitative estimate of drug-likeness (QED) is 0.321.